The zero-order valence-corrected chi connectivity index (χ0v) is 13.3. The Kier molecular flexibility index (Phi) is 73400. The molecule has 0 heterocycles. The summed E-state index contributed by atoms with van der Waals surface area (Å²) in [5, 5.41) is 25.0. The maximum Gasteiger partial charge on any atom is 2.00 e. The summed E-state index contributed by atoms with van der Waals surface area (Å²) in [7, 11) is 0. The van der Waals surface area contributed by atoms with Gasteiger partial charge in [-0.05, 0) is 0 Å². The van der Waals surface area contributed by atoms with E-state index in [0.29, 0.717) is 0 Å². The molecule has 0 aromatic heterocycles. The van der Waals surface area contributed by atoms with Gasteiger partial charge in [0.15, 0.2) is 0 Å². The van der Waals surface area contributed by atoms with Crippen molar-refractivity contribution >= 4 is 0 Å². The molecule has 0 aliphatic rings. The van der Waals surface area contributed by atoms with Gasteiger partial charge in [0.25, 0.3) is 0 Å². The number of nitrogens with zero attached hydrogens (tertiary/aromatic N) is 4. The second-order valence-corrected chi connectivity index (χ2v) is 0. The van der Waals surface area contributed by atoms with Crippen molar-refractivity contribution in [2.24, 2.45) is 0 Å². The third-order valence-electron chi connectivity index (χ3n) is 0. The van der Waals surface area contributed by atoms with Crippen molar-refractivity contribution < 1.29 is 54.6 Å². The number of hydrogen-bond acceptors (Lipinski definition) is 4. The van der Waals surface area contributed by atoms with Crippen molar-refractivity contribution in [3.8, 4) is 0 Å². The predicted octanol–water partition coefficient (Wildman–Crippen LogP) is 0.380. The van der Waals surface area contributed by atoms with Gasteiger partial charge >= 0.3 is 54.6 Å². The van der Waals surface area contributed by atoms with E-state index < -0.39 is 0 Å². The first-order valence-electron chi connectivity index (χ1n) is 0.894. The Labute approximate surface area is 101 Å². The van der Waals surface area contributed by atoms with E-state index >= 15 is 0 Å². The van der Waals surface area contributed by atoms with Gasteiger partial charge in [-0.3, -0.25) is 0 Å². The number of rotatable bonds is 0. The van der Waals surface area contributed by atoms with Crippen molar-refractivity contribution in [1.29, 1.82) is 21.0 Å². The van der Waals surface area contributed by atoms with Crippen molar-refractivity contribution in [3.05, 3.63) is 26.3 Å². The van der Waals surface area contributed by atoms with Crippen LogP contribution in [0.25, 0.3) is 0 Å². The molecule has 40 valence electrons. The van der Waals surface area contributed by atoms with E-state index in [-0.39, 0.29) is 54.6 Å². The topological polar surface area (TPSA) is 95.2 Å². The van der Waals surface area contributed by atoms with Crippen molar-refractivity contribution in [1.82, 2.24) is 0 Å². The average molecular weight is 329 g/mol. The minimum absolute atomic E-state index is 0. The Hall–Kier alpha value is -0.196. The van der Waals surface area contributed by atoms with Crippen LogP contribution in [-0.4, -0.2) is 0 Å². The third kappa shape index (κ3) is 9420. The van der Waals surface area contributed by atoms with Crippen LogP contribution >= 0.6 is 0 Å². The largest absolute Gasteiger partial charge is 2.00 e. The Morgan fingerprint density at radius 1 is 0.400 bits per heavy atom. The molecule has 0 saturated heterocycles. The maximum atomic E-state index is 6.25. The monoisotopic (exact) mass is 332 g/mol. The SMILES string of the molecule is [C-]#N.[C-]#N.[C-]#N.[C-]#N.[Cd+2].[Cd+2]. The van der Waals surface area contributed by atoms with Gasteiger partial charge in [0.2, 0.25) is 0 Å². The van der Waals surface area contributed by atoms with E-state index in [4.69, 9.17) is 47.3 Å². The zero-order valence-electron chi connectivity index (χ0n) is 5.20. The molecule has 6 heteroatoms. The molecule has 0 radical (unpaired) electrons. The van der Waals surface area contributed by atoms with Gasteiger partial charge in [-0.2, -0.15) is 0 Å². The minimum atomic E-state index is 0. The van der Waals surface area contributed by atoms with Crippen LogP contribution < -0.4 is 0 Å². The van der Waals surface area contributed by atoms with Gasteiger partial charge < -0.3 is 47.3 Å². The summed E-state index contributed by atoms with van der Waals surface area (Å²) in [5.74, 6) is 0. The maximum absolute atomic E-state index is 6.25. The van der Waals surface area contributed by atoms with Gasteiger partial charge in [-0.15, -0.1) is 0 Å². The van der Waals surface area contributed by atoms with E-state index in [1.165, 1.54) is 0 Å². The molecule has 0 unspecified atom stereocenters. The molecular formula is C4Cd2N4. The van der Waals surface area contributed by atoms with Crippen LogP contribution in [0, 0.1) is 47.3 Å². The Balaban J connectivity index is -0.00000000500. The molecular weight excluding hydrogens is 329 g/mol. The molecule has 0 aromatic rings. The van der Waals surface area contributed by atoms with Crippen LogP contribution in [0.5, 0.6) is 0 Å². The molecule has 0 aliphatic heterocycles. The van der Waals surface area contributed by atoms with Crippen LogP contribution in [0.4, 0.5) is 0 Å². The molecule has 0 aliphatic carbocycles. The predicted molar refractivity (Wildman–Crippen MR) is 19.9 cm³/mol. The summed E-state index contributed by atoms with van der Waals surface area (Å²) in [6, 6.07) is 0. The molecule has 4 nitrogen and oxygen atoms in total. The first-order chi connectivity index (χ1) is 4.00. The van der Waals surface area contributed by atoms with Crippen molar-refractivity contribution in [3.63, 3.8) is 0 Å². The quantitative estimate of drug-likeness (QED) is 0.474. The molecule has 10 heavy (non-hydrogen) atoms. The fourth-order valence-corrected chi connectivity index (χ4v) is 0. The third-order valence-corrected chi connectivity index (χ3v) is 0. The van der Waals surface area contributed by atoms with Crippen LogP contribution in [0.3, 0.4) is 0 Å². The van der Waals surface area contributed by atoms with E-state index in [9.17, 15) is 0 Å². The van der Waals surface area contributed by atoms with E-state index in [1.54, 1.807) is 0 Å². The fraction of sp³-hybridized carbons (Fsp3) is 0. The second-order valence-electron chi connectivity index (χ2n) is 0. The molecule has 0 N–H and O–H groups in total. The normalized spacial score (nSPS) is 0.800. The molecule has 0 amide bonds. The Morgan fingerprint density at radius 3 is 0.400 bits per heavy atom. The average Bonchev–Trinajstić information content (AvgIpc) is 2.03. The second kappa shape index (κ2) is 14000. The summed E-state index contributed by atoms with van der Waals surface area (Å²) in [6.45, 7) is 19.0. The van der Waals surface area contributed by atoms with Gasteiger partial charge in [-0.25, -0.2) is 0 Å². The standard InChI is InChI=1S/4CN.2Cd/c4*1-2;;/q4*-1;2*+2. The van der Waals surface area contributed by atoms with Crippen LogP contribution in [0.2, 0.25) is 0 Å². The van der Waals surface area contributed by atoms with Gasteiger partial charge in [0.05, 0.1) is 0 Å². The smallest absolute Gasteiger partial charge is 0.512 e. The van der Waals surface area contributed by atoms with E-state index in [0.717, 1.165) is 0 Å². The summed E-state index contributed by atoms with van der Waals surface area (Å²) in [5.41, 5.74) is 0. The van der Waals surface area contributed by atoms with Gasteiger partial charge in [-0.1, -0.05) is 0 Å². The van der Waals surface area contributed by atoms with Crippen molar-refractivity contribution in [2.75, 3.05) is 0 Å². The van der Waals surface area contributed by atoms with Crippen LogP contribution in [0.1, 0.15) is 0 Å². The molecule has 0 atom stereocenters. The molecule has 0 bridgehead atoms. The van der Waals surface area contributed by atoms with E-state index in [2.05, 4.69) is 0 Å². The molecule has 0 spiro atoms. The summed E-state index contributed by atoms with van der Waals surface area (Å²) in [6.07, 6.45) is 0. The Bertz CT molecular complexity index is 58.2. The Morgan fingerprint density at radius 2 is 0.400 bits per heavy atom. The van der Waals surface area contributed by atoms with Crippen LogP contribution in [0.15, 0.2) is 0 Å². The van der Waals surface area contributed by atoms with Gasteiger partial charge in [0, 0.05) is 0 Å². The molecule has 0 rings (SSSR count). The summed E-state index contributed by atoms with van der Waals surface area (Å²) < 4.78 is 0. The number of hydrogen-bond donors (Lipinski definition) is 0. The first kappa shape index (κ1) is 52.5. The van der Waals surface area contributed by atoms with E-state index in [1.807, 2.05) is 0 Å². The zero-order chi connectivity index (χ0) is 8.00. The fourth-order valence-electron chi connectivity index (χ4n) is 0. The van der Waals surface area contributed by atoms with Crippen molar-refractivity contribution in [2.45, 2.75) is 0 Å². The summed E-state index contributed by atoms with van der Waals surface area (Å²) in [4.78, 5) is 0. The minimum Gasteiger partial charge on any atom is -0.512 e. The first-order valence-corrected chi connectivity index (χ1v) is 0.894. The molecule has 0 fully saturated rings. The molecule has 0 saturated carbocycles. The van der Waals surface area contributed by atoms with Crippen LogP contribution in [-0.2, 0) is 54.6 Å². The molecule has 0 aromatic carbocycles. The van der Waals surface area contributed by atoms with Gasteiger partial charge in [0.1, 0.15) is 0 Å². The summed E-state index contributed by atoms with van der Waals surface area (Å²) >= 11 is 0.